The maximum Gasteiger partial charge on any atom is 0.279 e. The van der Waals surface area contributed by atoms with E-state index in [1.807, 2.05) is 6.92 Å². The van der Waals surface area contributed by atoms with Crippen molar-refractivity contribution in [3.8, 4) is 0 Å². The lowest BCUT2D eigenvalue weighted by Crippen LogP contribution is -2.42. The van der Waals surface area contributed by atoms with Crippen molar-refractivity contribution in [2.75, 3.05) is 13.6 Å². The van der Waals surface area contributed by atoms with E-state index >= 15 is 0 Å². The number of nitrogens with one attached hydrogen (secondary N) is 1. The monoisotopic (exact) mass is 223 g/mol. The van der Waals surface area contributed by atoms with E-state index in [2.05, 4.69) is 4.72 Å². The largest absolute Gasteiger partial charge is 0.328 e. The summed E-state index contributed by atoms with van der Waals surface area (Å²) in [6, 6.07) is -0.0653. The predicted octanol–water partition coefficient (Wildman–Crippen LogP) is -0.102. The molecule has 0 saturated heterocycles. The highest BCUT2D eigenvalue weighted by Gasteiger charge is 2.17. The minimum Gasteiger partial charge on any atom is -0.328 e. The van der Waals surface area contributed by atoms with Gasteiger partial charge >= 0.3 is 0 Å². The van der Waals surface area contributed by atoms with Crippen LogP contribution in [0.2, 0.25) is 0 Å². The average molecular weight is 223 g/mol. The van der Waals surface area contributed by atoms with Gasteiger partial charge in [-0.25, -0.2) is 0 Å². The summed E-state index contributed by atoms with van der Waals surface area (Å²) in [5.41, 5.74) is 5.54. The first kappa shape index (κ1) is 13.8. The molecule has 0 aliphatic rings. The Kier molecular flexibility index (Phi) is 5.58. The zero-order valence-corrected chi connectivity index (χ0v) is 10.1. The molecule has 0 aromatic carbocycles. The Hall–Kier alpha value is -0.170. The first-order valence-electron chi connectivity index (χ1n) is 4.75. The first-order chi connectivity index (χ1) is 6.25. The molecule has 0 aliphatic heterocycles. The highest BCUT2D eigenvalue weighted by atomic mass is 32.2. The Bertz CT molecular complexity index is 249. The number of hydrogen-bond donors (Lipinski definition) is 2. The summed E-state index contributed by atoms with van der Waals surface area (Å²) in [7, 11) is -1.78. The second-order valence-electron chi connectivity index (χ2n) is 3.87. The lowest BCUT2D eigenvalue weighted by molar-refractivity contribution is 0.433. The summed E-state index contributed by atoms with van der Waals surface area (Å²) in [5, 5.41) is 0. The Balaban J connectivity index is 4.15. The van der Waals surface area contributed by atoms with Crippen LogP contribution in [0, 0.1) is 0 Å². The van der Waals surface area contributed by atoms with Crippen molar-refractivity contribution in [2.24, 2.45) is 5.73 Å². The van der Waals surface area contributed by atoms with Gasteiger partial charge in [0.1, 0.15) is 0 Å². The summed E-state index contributed by atoms with van der Waals surface area (Å²) in [5.74, 6) is 0. The molecule has 0 aliphatic carbocycles. The Morgan fingerprint density at radius 2 is 1.86 bits per heavy atom. The fraction of sp³-hybridized carbons (Fsp3) is 1.00. The van der Waals surface area contributed by atoms with Crippen molar-refractivity contribution < 1.29 is 8.42 Å². The van der Waals surface area contributed by atoms with Gasteiger partial charge in [-0.05, 0) is 27.2 Å². The Morgan fingerprint density at radius 1 is 1.36 bits per heavy atom. The molecule has 0 heterocycles. The number of nitrogens with two attached hydrogens (primary N) is 1. The zero-order chi connectivity index (χ0) is 11.4. The molecule has 0 rings (SSSR count). The van der Waals surface area contributed by atoms with Crippen LogP contribution in [0.1, 0.15) is 27.2 Å². The first-order valence-corrected chi connectivity index (χ1v) is 6.19. The molecule has 14 heavy (non-hydrogen) atoms. The van der Waals surface area contributed by atoms with E-state index < -0.39 is 10.2 Å². The van der Waals surface area contributed by atoms with Crippen molar-refractivity contribution >= 4 is 10.2 Å². The van der Waals surface area contributed by atoms with Gasteiger partial charge in [0, 0.05) is 25.7 Å². The number of hydrogen-bond acceptors (Lipinski definition) is 3. The number of nitrogens with zero attached hydrogens (tertiary/aromatic N) is 1. The predicted molar refractivity (Wildman–Crippen MR) is 58.1 cm³/mol. The van der Waals surface area contributed by atoms with Gasteiger partial charge in [0.15, 0.2) is 0 Å². The van der Waals surface area contributed by atoms with Crippen LogP contribution in [0.25, 0.3) is 0 Å². The van der Waals surface area contributed by atoms with Gasteiger partial charge in [-0.15, -0.1) is 0 Å². The van der Waals surface area contributed by atoms with E-state index in [-0.39, 0.29) is 12.1 Å². The maximum absolute atomic E-state index is 11.5. The van der Waals surface area contributed by atoms with Crippen LogP contribution in [0.3, 0.4) is 0 Å². The molecule has 86 valence electrons. The molecule has 0 fully saturated rings. The molecule has 0 saturated carbocycles. The van der Waals surface area contributed by atoms with E-state index in [1.165, 1.54) is 4.31 Å². The standard InChI is InChI=1S/C8H21N3O2S/c1-7(2)10-14(12,13)11(4)6-5-8(3)9/h7-8,10H,5-6,9H2,1-4H3. The summed E-state index contributed by atoms with van der Waals surface area (Å²) in [6.07, 6.45) is 0.662. The van der Waals surface area contributed by atoms with Crippen molar-refractivity contribution in [3.05, 3.63) is 0 Å². The van der Waals surface area contributed by atoms with Crippen LogP contribution in [-0.2, 0) is 10.2 Å². The molecule has 0 aromatic rings. The van der Waals surface area contributed by atoms with Crippen molar-refractivity contribution in [2.45, 2.75) is 39.3 Å². The van der Waals surface area contributed by atoms with Crippen LogP contribution in [0.5, 0.6) is 0 Å². The van der Waals surface area contributed by atoms with Gasteiger partial charge in [0.05, 0.1) is 0 Å². The summed E-state index contributed by atoms with van der Waals surface area (Å²) < 4.78 is 26.8. The second-order valence-corrected chi connectivity index (χ2v) is 5.67. The molecule has 0 amide bonds. The molecular formula is C8H21N3O2S. The molecule has 0 radical (unpaired) electrons. The highest BCUT2D eigenvalue weighted by Crippen LogP contribution is 1.98. The molecule has 5 nitrogen and oxygen atoms in total. The maximum atomic E-state index is 11.5. The van der Waals surface area contributed by atoms with E-state index in [4.69, 9.17) is 5.73 Å². The van der Waals surface area contributed by atoms with E-state index in [0.29, 0.717) is 13.0 Å². The average Bonchev–Trinajstić information content (AvgIpc) is 1.97. The third-order valence-electron chi connectivity index (χ3n) is 1.69. The topological polar surface area (TPSA) is 75.4 Å². The summed E-state index contributed by atoms with van der Waals surface area (Å²) in [4.78, 5) is 0. The molecular weight excluding hydrogens is 202 g/mol. The van der Waals surface area contributed by atoms with Crippen LogP contribution >= 0.6 is 0 Å². The lowest BCUT2D eigenvalue weighted by Gasteiger charge is -2.19. The van der Waals surface area contributed by atoms with E-state index in [1.54, 1.807) is 20.9 Å². The zero-order valence-electron chi connectivity index (χ0n) is 9.32. The number of rotatable bonds is 6. The van der Waals surface area contributed by atoms with Crippen molar-refractivity contribution in [3.63, 3.8) is 0 Å². The van der Waals surface area contributed by atoms with Gasteiger partial charge in [-0.2, -0.15) is 17.4 Å². The van der Waals surface area contributed by atoms with E-state index in [0.717, 1.165) is 0 Å². The molecule has 6 heteroatoms. The van der Waals surface area contributed by atoms with Crippen molar-refractivity contribution in [1.29, 1.82) is 0 Å². The molecule has 1 atom stereocenters. The smallest absolute Gasteiger partial charge is 0.279 e. The van der Waals surface area contributed by atoms with Gasteiger partial charge in [0.25, 0.3) is 10.2 Å². The second kappa shape index (κ2) is 5.65. The van der Waals surface area contributed by atoms with Crippen molar-refractivity contribution in [1.82, 2.24) is 9.03 Å². The Labute approximate surface area is 86.8 Å². The summed E-state index contributed by atoms with van der Waals surface area (Å²) >= 11 is 0. The molecule has 0 aromatic heterocycles. The van der Waals surface area contributed by atoms with Gasteiger partial charge in [-0.3, -0.25) is 0 Å². The van der Waals surface area contributed by atoms with Gasteiger partial charge < -0.3 is 5.73 Å². The SMILES string of the molecule is CC(N)CCN(C)S(=O)(=O)NC(C)C. The molecule has 3 N–H and O–H groups in total. The lowest BCUT2D eigenvalue weighted by atomic mass is 10.2. The van der Waals surface area contributed by atoms with Crippen LogP contribution in [0.4, 0.5) is 0 Å². The van der Waals surface area contributed by atoms with Crippen LogP contribution in [0.15, 0.2) is 0 Å². The quantitative estimate of drug-likeness (QED) is 0.660. The van der Waals surface area contributed by atoms with Gasteiger partial charge in [-0.1, -0.05) is 0 Å². The highest BCUT2D eigenvalue weighted by molar-refractivity contribution is 7.87. The fourth-order valence-corrected chi connectivity index (χ4v) is 2.01. The minimum atomic E-state index is -3.33. The molecule has 0 spiro atoms. The summed E-state index contributed by atoms with van der Waals surface area (Å²) in [6.45, 7) is 5.88. The Morgan fingerprint density at radius 3 is 2.21 bits per heavy atom. The van der Waals surface area contributed by atoms with E-state index in [9.17, 15) is 8.42 Å². The van der Waals surface area contributed by atoms with Crippen LogP contribution in [-0.4, -0.2) is 38.4 Å². The van der Waals surface area contributed by atoms with Crippen LogP contribution < -0.4 is 10.5 Å². The third kappa shape index (κ3) is 5.54. The minimum absolute atomic E-state index is 0.0201. The van der Waals surface area contributed by atoms with Gasteiger partial charge in [0.2, 0.25) is 0 Å². The normalized spacial score (nSPS) is 15.1. The fourth-order valence-electron chi connectivity index (χ4n) is 0.893. The third-order valence-corrected chi connectivity index (χ3v) is 3.47. The molecule has 1 unspecified atom stereocenters. The molecule has 0 bridgehead atoms.